The van der Waals surface area contributed by atoms with Crippen LogP contribution in [-0.2, 0) is 4.79 Å². The molecule has 0 heterocycles. The summed E-state index contributed by atoms with van der Waals surface area (Å²) in [5.74, 6) is 0.581. The fourth-order valence-corrected chi connectivity index (χ4v) is 1.43. The molecule has 0 bridgehead atoms. The molecule has 13 heavy (non-hydrogen) atoms. The molecule has 1 amide bonds. The SMILES string of the molecule is CCC(=S)N[C@@H](CCSC)C(N)=O. The Morgan fingerprint density at radius 1 is 1.69 bits per heavy atom. The lowest BCUT2D eigenvalue weighted by Gasteiger charge is -2.15. The summed E-state index contributed by atoms with van der Waals surface area (Å²) in [4.78, 5) is 11.6. The monoisotopic (exact) mass is 220 g/mol. The van der Waals surface area contributed by atoms with E-state index in [0.29, 0.717) is 4.99 Å². The summed E-state index contributed by atoms with van der Waals surface area (Å²) in [6, 6.07) is -0.306. The topological polar surface area (TPSA) is 55.1 Å². The highest BCUT2D eigenvalue weighted by Crippen LogP contribution is 2.00. The van der Waals surface area contributed by atoms with Crippen molar-refractivity contribution in [1.29, 1.82) is 0 Å². The molecule has 0 aromatic heterocycles. The van der Waals surface area contributed by atoms with E-state index < -0.39 is 0 Å². The van der Waals surface area contributed by atoms with Crippen LogP contribution < -0.4 is 11.1 Å². The van der Waals surface area contributed by atoms with Crippen LogP contribution in [0.2, 0.25) is 0 Å². The number of nitrogens with one attached hydrogen (secondary N) is 1. The third-order valence-electron chi connectivity index (χ3n) is 1.61. The molecule has 0 aromatic carbocycles. The maximum Gasteiger partial charge on any atom is 0.239 e. The van der Waals surface area contributed by atoms with E-state index in [-0.39, 0.29) is 11.9 Å². The van der Waals surface area contributed by atoms with Crippen LogP contribution in [0.25, 0.3) is 0 Å². The lowest BCUT2D eigenvalue weighted by Crippen LogP contribution is -2.43. The summed E-state index contributed by atoms with van der Waals surface area (Å²) in [5.41, 5.74) is 5.21. The highest BCUT2D eigenvalue weighted by atomic mass is 32.2. The van der Waals surface area contributed by atoms with Gasteiger partial charge in [-0.25, -0.2) is 0 Å². The van der Waals surface area contributed by atoms with Gasteiger partial charge in [-0.15, -0.1) is 0 Å². The number of carbonyl (C=O) groups is 1. The Bertz CT molecular complexity index is 185. The maximum atomic E-state index is 10.9. The van der Waals surface area contributed by atoms with Gasteiger partial charge in [-0.2, -0.15) is 11.8 Å². The first-order chi connectivity index (χ1) is 6.11. The van der Waals surface area contributed by atoms with Gasteiger partial charge < -0.3 is 11.1 Å². The van der Waals surface area contributed by atoms with E-state index >= 15 is 0 Å². The minimum Gasteiger partial charge on any atom is -0.368 e. The van der Waals surface area contributed by atoms with E-state index in [1.165, 1.54) is 0 Å². The van der Waals surface area contributed by atoms with Crippen LogP contribution in [0.5, 0.6) is 0 Å². The normalized spacial score (nSPS) is 12.2. The smallest absolute Gasteiger partial charge is 0.239 e. The van der Waals surface area contributed by atoms with E-state index in [9.17, 15) is 4.79 Å². The van der Waals surface area contributed by atoms with Gasteiger partial charge in [0.2, 0.25) is 5.91 Å². The van der Waals surface area contributed by atoms with Crippen molar-refractivity contribution in [2.24, 2.45) is 5.73 Å². The molecule has 5 heteroatoms. The van der Waals surface area contributed by atoms with Crippen molar-refractivity contribution in [2.75, 3.05) is 12.0 Å². The first kappa shape index (κ1) is 12.7. The molecule has 76 valence electrons. The lowest BCUT2D eigenvalue weighted by atomic mass is 10.2. The van der Waals surface area contributed by atoms with Gasteiger partial charge in [0.25, 0.3) is 0 Å². The van der Waals surface area contributed by atoms with Gasteiger partial charge in [0.15, 0.2) is 0 Å². The molecule has 0 aliphatic carbocycles. The average Bonchev–Trinajstić information content (AvgIpc) is 2.11. The van der Waals surface area contributed by atoms with Crippen molar-refractivity contribution >= 4 is 34.9 Å². The summed E-state index contributed by atoms with van der Waals surface area (Å²) < 4.78 is 0. The van der Waals surface area contributed by atoms with Crippen molar-refractivity contribution in [2.45, 2.75) is 25.8 Å². The standard InChI is InChI=1S/C8H16N2OS2/c1-3-7(12)10-6(8(9)11)4-5-13-2/h6H,3-5H2,1-2H3,(H2,9,11)(H,10,12)/t6-/m0/s1. The number of nitrogens with two attached hydrogens (primary N) is 1. The molecule has 1 atom stereocenters. The van der Waals surface area contributed by atoms with Crippen LogP contribution in [0, 0.1) is 0 Å². The third-order valence-corrected chi connectivity index (χ3v) is 2.66. The number of thioether (sulfide) groups is 1. The van der Waals surface area contributed by atoms with Gasteiger partial charge in [0.05, 0.1) is 4.99 Å². The van der Waals surface area contributed by atoms with Crippen molar-refractivity contribution < 1.29 is 4.79 Å². The third kappa shape index (κ3) is 5.87. The molecule has 3 nitrogen and oxygen atoms in total. The molecule has 0 radical (unpaired) electrons. The van der Waals surface area contributed by atoms with Gasteiger partial charge in [-0.1, -0.05) is 19.1 Å². The molecule has 0 fully saturated rings. The molecule has 0 rings (SSSR count). The molecular weight excluding hydrogens is 204 g/mol. The minimum absolute atomic E-state index is 0.306. The predicted molar refractivity (Wildman–Crippen MR) is 62.0 cm³/mol. The summed E-state index contributed by atoms with van der Waals surface area (Å²) in [6.07, 6.45) is 3.48. The van der Waals surface area contributed by atoms with Crippen LogP contribution in [-0.4, -0.2) is 28.9 Å². The molecule has 0 unspecified atom stereocenters. The summed E-state index contributed by atoms with van der Waals surface area (Å²) in [6.45, 7) is 1.95. The van der Waals surface area contributed by atoms with Crippen LogP contribution in [0.3, 0.4) is 0 Å². The minimum atomic E-state index is -0.329. The number of hydrogen-bond acceptors (Lipinski definition) is 3. The van der Waals surface area contributed by atoms with E-state index in [4.69, 9.17) is 18.0 Å². The fourth-order valence-electron chi connectivity index (χ4n) is 0.818. The summed E-state index contributed by atoms with van der Waals surface area (Å²) >= 11 is 6.67. The summed E-state index contributed by atoms with van der Waals surface area (Å²) in [7, 11) is 0. The Balaban J connectivity index is 3.94. The van der Waals surface area contributed by atoms with Crippen LogP contribution in [0.1, 0.15) is 19.8 Å². The lowest BCUT2D eigenvalue weighted by molar-refractivity contribution is -0.119. The van der Waals surface area contributed by atoms with Crippen LogP contribution in [0.4, 0.5) is 0 Å². The second kappa shape index (κ2) is 7.15. The molecule has 0 aliphatic rings. The van der Waals surface area contributed by atoms with E-state index in [1.807, 2.05) is 13.2 Å². The fraction of sp³-hybridized carbons (Fsp3) is 0.750. The van der Waals surface area contributed by atoms with Gasteiger partial charge in [0.1, 0.15) is 6.04 Å². The van der Waals surface area contributed by atoms with Gasteiger partial charge in [-0.3, -0.25) is 4.79 Å². The van der Waals surface area contributed by atoms with Crippen molar-refractivity contribution in [3.8, 4) is 0 Å². The largest absolute Gasteiger partial charge is 0.368 e. The van der Waals surface area contributed by atoms with E-state index in [0.717, 1.165) is 18.6 Å². The molecule has 0 aliphatic heterocycles. The van der Waals surface area contributed by atoms with Crippen molar-refractivity contribution in [3.05, 3.63) is 0 Å². The number of rotatable bonds is 6. The van der Waals surface area contributed by atoms with E-state index in [1.54, 1.807) is 11.8 Å². The zero-order chi connectivity index (χ0) is 10.3. The number of primary amides is 1. The van der Waals surface area contributed by atoms with Gasteiger partial charge >= 0.3 is 0 Å². The first-order valence-corrected chi connectivity index (χ1v) is 5.99. The van der Waals surface area contributed by atoms with E-state index in [2.05, 4.69) is 5.32 Å². The quantitative estimate of drug-likeness (QED) is 0.654. The molecule has 0 spiro atoms. The Kier molecular flexibility index (Phi) is 6.99. The Hall–Kier alpha value is -0.290. The molecule has 0 aromatic rings. The van der Waals surface area contributed by atoms with Crippen molar-refractivity contribution in [1.82, 2.24) is 5.32 Å². The maximum absolute atomic E-state index is 10.9. The molecule has 0 saturated carbocycles. The Labute approximate surface area is 88.8 Å². The predicted octanol–water partition coefficient (Wildman–Crippen LogP) is 0.920. The van der Waals surface area contributed by atoms with Crippen molar-refractivity contribution in [3.63, 3.8) is 0 Å². The number of carbonyl (C=O) groups excluding carboxylic acids is 1. The number of amides is 1. The molecule has 3 N–H and O–H groups in total. The highest BCUT2D eigenvalue weighted by molar-refractivity contribution is 7.98. The summed E-state index contributed by atoms with van der Waals surface area (Å²) in [5, 5.41) is 2.94. The number of hydrogen-bond donors (Lipinski definition) is 2. The zero-order valence-electron chi connectivity index (χ0n) is 8.00. The Morgan fingerprint density at radius 3 is 2.69 bits per heavy atom. The average molecular weight is 220 g/mol. The molecule has 0 saturated heterocycles. The second-order valence-electron chi connectivity index (χ2n) is 2.66. The highest BCUT2D eigenvalue weighted by Gasteiger charge is 2.14. The Morgan fingerprint density at radius 2 is 2.31 bits per heavy atom. The zero-order valence-corrected chi connectivity index (χ0v) is 9.63. The molecular formula is C8H16N2OS2. The van der Waals surface area contributed by atoms with Gasteiger partial charge in [-0.05, 0) is 24.9 Å². The van der Waals surface area contributed by atoms with Crippen LogP contribution >= 0.6 is 24.0 Å². The van der Waals surface area contributed by atoms with Crippen LogP contribution in [0.15, 0.2) is 0 Å². The van der Waals surface area contributed by atoms with Gasteiger partial charge in [0, 0.05) is 0 Å². The second-order valence-corrected chi connectivity index (χ2v) is 4.14. The first-order valence-electron chi connectivity index (χ1n) is 4.19. The number of thiocarbonyl (C=S) groups is 1.